The van der Waals surface area contributed by atoms with Gasteiger partial charge in [0.2, 0.25) is 11.8 Å². The minimum absolute atomic E-state index is 0.0212. The van der Waals surface area contributed by atoms with Crippen molar-refractivity contribution in [1.29, 1.82) is 0 Å². The number of ketones is 1. The number of aryl methyl sites for hydroxylation is 1. The average molecular weight is 292 g/mol. The summed E-state index contributed by atoms with van der Waals surface area (Å²) in [5.74, 6) is 1.56. The number of nitrogens with zero attached hydrogens (tertiary/aromatic N) is 1. The maximum absolute atomic E-state index is 12.1. The highest BCUT2D eigenvalue weighted by atomic mass is 16.4. The van der Waals surface area contributed by atoms with Crippen molar-refractivity contribution in [1.82, 2.24) is 5.32 Å². The van der Waals surface area contributed by atoms with E-state index >= 15 is 0 Å². The van der Waals surface area contributed by atoms with Crippen LogP contribution < -0.4 is 10.2 Å². The molecule has 1 aliphatic rings. The maximum atomic E-state index is 12.1. The first-order chi connectivity index (χ1) is 9.79. The van der Waals surface area contributed by atoms with Crippen molar-refractivity contribution in [3.63, 3.8) is 0 Å². The molecule has 1 atom stereocenters. The SMILES string of the molecule is C[C@H]1NCCN(c2ccc(CCC(=O)C(C)(C)C)o2)C1=O. The van der Waals surface area contributed by atoms with Crippen molar-refractivity contribution < 1.29 is 14.0 Å². The van der Waals surface area contributed by atoms with E-state index in [9.17, 15) is 9.59 Å². The molecule has 0 aromatic carbocycles. The molecule has 1 aromatic rings. The zero-order chi connectivity index (χ0) is 15.6. The van der Waals surface area contributed by atoms with E-state index < -0.39 is 0 Å². The number of carbonyl (C=O) groups excluding carboxylic acids is 2. The van der Waals surface area contributed by atoms with Gasteiger partial charge >= 0.3 is 0 Å². The lowest BCUT2D eigenvalue weighted by Crippen LogP contribution is -2.53. The highest BCUT2D eigenvalue weighted by Gasteiger charge is 2.28. The van der Waals surface area contributed by atoms with Gasteiger partial charge < -0.3 is 9.73 Å². The summed E-state index contributed by atoms with van der Waals surface area (Å²) in [5, 5.41) is 3.12. The van der Waals surface area contributed by atoms with E-state index in [1.807, 2.05) is 39.8 Å². The van der Waals surface area contributed by atoms with E-state index in [0.717, 1.165) is 12.3 Å². The molecule has 116 valence electrons. The summed E-state index contributed by atoms with van der Waals surface area (Å²) in [5.41, 5.74) is -0.320. The standard InChI is InChI=1S/C16H24N2O3/c1-11-15(20)18(10-9-17-11)14-8-6-12(21-14)5-7-13(19)16(2,3)4/h6,8,11,17H,5,7,9-10H2,1-4H3/t11-/m1/s1. The fourth-order valence-corrected chi connectivity index (χ4v) is 2.30. The molecule has 1 N–H and O–H groups in total. The molecule has 2 rings (SSSR count). The van der Waals surface area contributed by atoms with E-state index in [-0.39, 0.29) is 23.1 Å². The minimum atomic E-state index is -0.320. The van der Waals surface area contributed by atoms with E-state index in [0.29, 0.717) is 25.3 Å². The first kappa shape index (κ1) is 15.8. The van der Waals surface area contributed by atoms with E-state index in [1.165, 1.54) is 0 Å². The van der Waals surface area contributed by atoms with Crippen molar-refractivity contribution in [3.05, 3.63) is 17.9 Å². The monoisotopic (exact) mass is 292 g/mol. The second-order valence-electron chi connectivity index (χ2n) is 6.58. The summed E-state index contributed by atoms with van der Waals surface area (Å²) in [7, 11) is 0. The predicted molar refractivity (Wildman–Crippen MR) is 81.3 cm³/mol. The van der Waals surface area contributed by atoms with Crippen LogP contribution in [-0.2, 0) is 16.0 Å². The third-order valence-corrected chi connectivity index (χ3v) is 3.77. The molecule has 1 aliphatic heterocycles. The third kappa shape index (κ3) is 3.73. The Balaban J connectivity index is 1.98. The van der Waals surface area contributed by atoms with Gasteiger partial charge in [-0.05, 0) is 13.0 Å². The van der Waals surface area contributed by atoms with E-state index in [2.05, 4.69) is 5.32 Å². The van der Waals surface area contributed by atoms with Gasteiger partial charge in [-0.15, -0.1) is 0 Å². The van der Waals surface area contributed by atoms with Gasteiger partial charge in [0.25, 0.3) is 0 Å². The van der Waals surface area contributed by atoms with Crippen LogP contribution in [0.2, 0.25) is 0 Å². The van der Waals surface area contributed by atoms with Gasteiger partial charge in [0, 0.05) is 37.4 Å². The Kier molecular flexibility index (Phi) is 4.52. The maximum Gasteiger partial charge on any atom is 0.246 e. The average Bonchev–Trinajstić information content (AvgIpc) is 2.86. The van der Waals surface area contributed by atoms with Crippen LogP contribution in [0.25, 0.3) is 0 Å². The number of furan rings is 1. The first-order valence-electron chi connectivity index (χ1n) is 7.46. The molecule has 2 heterocycles. The Bertz CT molecular complexity index is 528. The molecular weight excluding hydrogens is 268 g/mol. The van der Waals surface area contributed by atoms with E-state index in [4.69, 9.17) is 4.42 Å². The highest BCUT2D eigenvalue weighted by Crippen LogP contribution is 2.23. The number of Topliss-reactive ketones (excluding diaryl/α,β-unsaturated/α-hetero) is 1. The van der Waals surface area contributed by atoms with Crippen molar-refractivity contribution in [2.45, 2.75) is 46.6 Å². The first-order valence-corrected chi connectivity index (χ1v) is 7.46. The molecule has 0 saturated carbocycles. The van der Waals surface area contributed by atoms with Crippen molar-refractivity contribution in [2.75, 3.05) is 18.0 Å². The molecule has 0 unspecified atom stereocenters. The van der Waals surface area contributed by atoms with Crippen LogP contribution in [0.1, 0.15) is 39.9 Å². The van der Waals surface area contributed by atoms with Crippen molar-refractivity contribution in [3.8, 4) is 0 Å². The zero-order valence-corrected chi connectivity index (χ0v) is 13.2. The number of piperazine rings is 1. The van der Waals surface area contributed by atoms with Crippen LogP contribution in [0.15, 0.2) is 16.5 Å². The number of anilines is 1. The van der Waals surface area contributed by atoms with Crippen molar-refractivity contribution >= 4 is 17.6 Å². The Morgan fingerprint density at radius 1 is 1.43 bits per heavy atom. The second kappa shape index (κ2) is 6.02. The fraction of sp³-hybridized carbons (Fsp3) is 0.625. The molecule has 0 bridgehead atoms. The lowest BCUT2D eigenvalue weighted by atomic mass is 9.88. The molecular formula is C16H24N2O3. The topological polar surface area (TPSA) is 62.6 Å². The van der Waals surface area contributed by atoms with Crippen molar-refractivity contribution in [2.24, 2.45) is 5.41 Å². The summed E-state index contributed by atoms with van der Waals surface area (Å²) in [6.45, 7) is 8.97. The highest BCUT2D eigenvalue weighted by molar-refractivity contribution is 5.96. The number of nitrogens with one attached hydrogen (secondary N) is 1. The molecule has 1 aromatic heterocycles. The summed E-state index contributed by atoms with van der Waals surface area (Å²) in [6, 6.07) is 3.48. The van der Waals surface area contributed by atoms with Crippen LogP contribution in [0.5, 0.6) is 0 Å². The number of carbonyl (C=O) groups is 2. The van der Waals surface area contributed by atoms with Gasteiger partial charge in [-0.2, -0.15) is 0 Å². The predicted octanol–water partition coefficient (Wildman–Crippen LogP) is 2.15. The van der Waals surface area contributed by atoms with Crippen LogP contribution in [-0.4, -0.2) is 30.8 Å². The molecule has 1 amide bonds. The Labute approximate surface area is 125 Å². The van der Waals surface area contributed by atoms with Crippen LogP contribution in [0.3, 0.4) is 0 Å². The molecule has 1 saturated heterocycles. The van der Waals surface area contributed by atoms with Gasteiger partial charge in [-0.25, -0.2) is 0 Å². The quantitative estimate of drug-likeness (QED) is 0.923. The van der Waals surface area contributed by atoms with Gasteiger partial charge in [0.05, 0.1) is 6.04 Å². The summed E-state index contributed by atoms with van der Waals surface area (Å²) >= 11 is 0. The van der Waals surface area contributed by atoms with Crippen LogP contribution in [0, 0.1) is 5.41 Å². The number of rotatable bonds is 4. The Morgan fingerprint density at radius 2 is 2.14 bits per heavy atom. The van der Waals surface area contributed by atoms with E-state index in [1.54, 1.807) is 4.90 Å². The Morgan fingerprint density at radius 3 is 2.81 bits per heavy atom. The third-order valence-electron chi connectivity index (χ3n) is 3.77. The summed E-state index contributed by atoms with van der Waals surface area (Å²) in [4.78, 5) is 25.7. The smallest absolute Gasteiger partial charge is 0.246 e. The van der Waals surface area contributed by atoms with Gasteiger partial charge in [0.15, 0.2) is 0 Å². The van der Waals surface area contributed by atoms with Crippen LogP contribution in [0.4, 0.5) is 5.88 Å². The lowest BCUT2D eigenvalue weighted by molar-refractivity contribution is -0.126. The summed E-state index contributed by atoms with van der Waals surface area (Å²) < 4.78 is 5.73. The number of amides is 1. The number of hydrogen-bond donors (Lipinski definition) is 1. The molecule has 0 aliphatic carbocycles. The molecule has 5 nitrogen and oxygen atoms in total. The van der Waals surface area contributed by atoms with Gasteiger partial charge in [0.1, 0.15) is 11.5 Å². The number of hydrogen-bond acceptors (Lipinski definition) is 4. The normalized spacial score (nSPS) is 19.9. The zero-order valence-electron chi connectivity index (χ0n) is 13.2. The Hall–Kier alpha value is -1.62. The van der Waals surface area contributed by atoms with Crippen LogP contribution >= 0.6 is 0 Å². The second-order valence-corrected chi connectivity index (χ2v) is 6.58. The molecule has 5 heteroatoms. The fourth-order valence-electron chi connectivity index (χ4n) is 2.30. The molecule has 1 fully saturated rings. The largest absolute Gasteiger partial charge is 0.445 e. The molecule has 0 spiro atoms. The lowest BCUT2D eigenvalue weighted by Gasteiger charge is -2.29. The van der Waals surface area contributed by atoms with Gasteiger partial charge in [-0.3, -0.25) is 14.5 Å². The van der Waals surface area contributed by atoms with Gasteiger partial charge in [-0.1, -0.05) is 20.8 Å². The minimum Gasteiger partial charge on any atom is -0.445 e. The summed E-state index contributed by atoms with van der Waals surface area (Å²) in [6.07, 6.45) is 1.04. The molecule has 21 heavy (non-hydrogen) atoms. The molecule has 0 radical (unpaired) electrons.